The molecule has 1 aromatic rings. The third kappa shape index (κ3) is 2.25. The SMILES string of the molecule is O=C(Cc1cccnc1)N1C2CCNCC1CC2. The summed E-state index contributed by atoms with van der Waals surface area (Å²) in [6, 6.07) is 4.72. The number of carbonyl (C=O) groups is 1. The molecule has 2 unspecified atom stereocenters. The zero-order valence-corrected chi connectivity index (χ0v) is 10.5. The Hall–Kier alpha value is -1.42. The number of rotatable bonds is 2. The number of aromatic nitrogens is 1. The maximum Gasteiger partial charge on any atom is 0.227 e. The largest absolute Gasteiger partial charge is 0.335 e. The molecule has 0 radical (unpaired) electrons. The number of amides is 1. The molecule has 2 aliphatic heterocycles. The maximum absolute atomic E-state index is 12.5. The minimum Gasteiger partial charge on any atom is -0.335 e. The molecule has 0 saturated carbocycles. The third-order valence-corrected chi connectivity index (χ3v) is 4.02. The van der Waals surface area contributed by atoms with Crippen LogP contribution in [0.4, 0.5) is 0 Å². The Bertz CT molecular complexity index is 406. The molecule has 1 N–H and O–H groups in total. The van der Waals surface area contributed by atoms with E-state index in [2.05, 4.69) is 15.2 Å². The van der Waals surface area contributed by atoms with Gasteiger partial charge >= 0.3 is 0 Å². The van der Waals surface area contributed by atoms with Gasteiger partial charge in [-0.05, 0) is 37.4 Å². The number of pyridine rings is 1. The number of carbonyl (C=O) groups excluding carboxylic acids is 1. The molecule has 18 heavy (non-hydrogen) atoms. The number of fused-ring (bicyclic) bond motifs is 2. The van der Waals surface area contributed by atoms with Crippen LogP contribution in [0.2, 0.25) is 0 Å². The van der Waals surface area contributed by atoms with Crippen LogP contribution in [0.15, 0.2) is 24.5 Å². The van der Waals surface area contributed by atoms with Crippen LogP contribution in [-0.4, -0.2) is 41.0 Å². The molecule has 2 atom stereocenters. The molecule has 2 aliphatic rings. The summed E-state index contributed by atoms with van der Waals surface area (Å²) in [7, 11) is 0. The predicted molar refractivity (Wildman–Crippen MR) is 69.1 cm³/mol. The first-order valence-electron chi connectivity index (χ1n) is 6.75. The van der Waals surface area contributed by atoms with Crippen molar-refractivity contribution >= 4 is 5.91 Å². The standard InChI is InChI=1S/C14H19N3O/c18-14(8-11-2-1-6-15-9-11)17-12-3-4-13(17)10-16-7-5-12/h1-2,6,9,12-13,16H,3-5,7-8,10H2. The summed E-state index contributed by atoms with van der Waals surface area (Å²) in [6.45, 7) is 1.99. The number of nitrogens with one attached hydrogen (secondary N) is 1. The highest BCUT2D eigenvalue weighted by Gasteiger charge is 2.37. The average Bonchev–Trinajstić information content (AvgIpc) is 2.64. The molecule has 3 rings (SSSR count). The summed E-state index contributed by atoms with van der Waals surface area (Å²) in [5.41, 5.74) is 1.01. The van der Waals surface area contributed by atoms with Crippen molar-refractivity contribution in [3.8, 4) is 0 Å². The topological polar surface area (TPSA) is 45.2 Å². The highest BCUT2D eigenvalue weighted by molar-refractivity contribution is 5.79. The van der Waals surface area contributed by atoms with E-state index in [1.807, 2.05) is 12.1 Å². The molecule has 0 aromatic carbocycles. The van der Waals surface area contributed by atoms with Gasteiger partial charge in [0, 0.05) is 31.0 Å². The van der Waals surface area contributed by atoms with E-state index in [9.17, 15) is 4.79 Å². The van der Waals surface area contributed by atoms with Gasteiger partial charge in [-0.25, -0.2) is 0 Å². The minimum atomic E-state index is 0.263. The molecular formula is C14H19N3O. The second-order valence-corrected chi connectivity index (χ2v) is 5.22. The highest BCUT2D eigenvalue weighted by Crippen LogP contribution is 2.28. The fourth-order valence-electron chi connectivity index (χ4n) is 3.16. The first-order valence-corrected chi connectivity index (χ1v) is 6.75. The van der Waals surface area contributed by atoms with Crippen LogP contribution in [0.5, 0.6) is 0 Å². The highest BCUT2D eigenvalue weighted by atomic mass is 16.2. The lowest BCUT2D eigenvalue weighted by Crippen LogP contribution is -2.43. The normalized spacial score (nSPS) is 27.0. The van der Waals surface area contributed by atoms with E-state index in [1.54, 1.807) is 12.4 Å². The maximum atomic E-state index is 12.5. The Morgan fingerprint density at radius 3 is 3.11 bits per heavy atom. The minimum absolute atomic E-state index is 0.263. The second-order valence-electron chi connectivity index (χ2n) is 5.22. The van der Waals surface area contributed by atoms with Crippen molar-refractivity contribution < 1.29 is 4.79 Å². The zero-order valence-electron chi connectivity index (χ0n) is 10.5. The Labute approximate surface area is 107 Å². The summed E-state index contributed by atoms with van der Waals surface area (Å²) in [5, 5.41) is 3.42. The van der Waals surface area contributed by atoms with Gasteiger partial charge in [-0.1, -0.05) is 6.07 Å². The van der Waals surface area contributed by atoms with Gasteiger partial charge in [0.25, 0.3) is 0 Å². The Balaban J connectivity index is 1.72. The van der Waals surface area contributed by atoms with Crippen LogP contribution >= 0.6 is 0 Å². The van der Waals surface area contributed by atoms with E-state index >= 15 is 0 Å². The first-order chi connectivity index (χ1) is 8.84. The number of hydrogen-bond acceptors (Lipinski definition) is 3. The molecule has 2 saturated heterocycles. The van der Waals surface area contributed by atoms with Gasteiger partial charge in [0.15, 0.2) is 0 Å². The summed E-state index contributed by atoms with van der Waals surface area (Å²) < 4.78 is 0. The molecular weight excluding hydrogens is 226 g/mol. The first kappa shape index (κ1) is 11.7. The van der Waals surface area contributed by atoms with Gasteiger partial charge in [-0.3, -0.25) is 9.78 Å². The molecule has 0 aliphatic carbocycles. The Morgan fingerprint density at radius 1 is 1.39 bits per heavy atom. The van der Waals surface area contributed by atoms with Crippen molar-refractivity contribution in [2.24, 2.45) is 0 Å². The smallest absolute Gasteiger partial charge is 0.227 e. The van der Waals surface area contributed by atoms with E-state index in [1.165, 1.54) is 6.42 Å². The molecule has 1 amide bonds. The average molecular weight is 245 g/mol. The van der Waals surface area contributed by atoms with E-state index < -0.39 is 0 Å². The van der Waals surface area contributed by atoms with Gasteiger partial charge in [-0.2, -0.15) is 0 Å². The van der Waals surface area contributed by atoms with Crippen molar-refractivity contribution in [1.29, 1.82) is 0 Å². The molecule has 2 fully saturated rings. The fourth-order valence-corrected chi connectivity index (χ4v) is 3.16. The summed E-state index contributed by atoms with van der Waals surface area (Å²) in [4.78, 5) is 18.7. The van der Waals surface area contributed by atoms with Crippen molar-refractivity contribution in [2.75, 3.05) is 13.1 Å². The molecule has 4 heteroatoms. The molecule has 3 heterocycles. The van der Waals surface area contributed by atoms with Gasteiger partial charge < -0.3 is 10.2 Å². The van der Waals surface area contributed by atoms with Crippen LogP contribution in [0, 0.1) is 0 Å². The lowest BCUT2D eigenvalue weighted by atomic mass is 10.1. The Morgan fingerprint density at radius 2 is 2.28 bits per heavy atom. The van der Waals surface area contributed by atoms with Crippen molar-refractivity contribution in [3.63, 3.8) is 0 Å². The summed E-state index contributed by atoms with van der Waals surface area (Å²) in [6.07, 6.45) is 7.43. The molecule has 96 valence electrons. The molecule has 0 spiro atoms. The van der Waals surface area contributed by atoms with Crippen molar-refractivity contribution in [3.05, 3.63) is 30.1 Å². The van der Waals surface area contributed by atoms with Crippen LogP contribution in [0.1, 0.15) is 24.8 Å². The van der Waals surface area contributed by atoms with Crippen molar-refractivity contribution in [2.45, 2.75) is 37.8 Å². The molecule has 4 nitrogen and oxygen atoms in total. The van der Waals surface area contributed by atoms with Crippen LogP contribution in [0.3, 0.4) is 0 Å². The number of hydrogen-bond donors (Lipinski definition) is 1. The van der Waals surface area contributed by atoms with E-state index in [4.69, 9.17) is 0 Å². The van der Waals surface area contributed by atoms with Gasteiger partial charge in [0.1, 0.15) is 0 Å². The van der Waals surface area contributed by atoms with Gasteiger partial charge in [-0.15, -0.1) is 0 Å². The molecule has 1 aromatic heterocycles. The lowest BCUT2D eigenvalue weighted by Gasteiger charge is -2.28. The third-order valence-electron chi connectivity index (χ3n) is 4.02. The predicted octanol–water partition coefficient (Wildman–Crippen LogP) is 0.977. The van der Waals surface area contributed by atoms with Crippen LogP contribution in [0.25, 0.3) is 0 Å². The van der Waals surface area contributed by atoms with E-state index in [-0.39, 0.29) is 5.91 Å². The van der Waals surface area contributed by atoms with E-state index in [0.717, 1.165) is 31.5 Å². The zero-order chi connectivity index (χ0) is 12.4. The monoisotopic (exact) mass is 245 g/mol. The van der Waals surface area contributed by atoms with Crippen LogP contribution < -0.4 is 5.32 Å². The number of nitrogens with zero attached hydrogens (tertiary/aromatic N) is 2. The van der Waals surface area contributed by atoms with Gasteiger partial charge in [0.2, 0.25) is 5.91 Å². The quantitative estimate of drug-likeness (QED) is 0.844. The molecule has 2 bridgehead atoms. The van der Waals surface area contributed by atoms with Crippen LogP contribution in [-0.2, 0) is 11.2 Å². The summed E-state index contributed by atoms with van der Waals surface area (Å²) in [5.74, 6) is 0.263. The fraction of sp³-hybridized carbons (Fsp3) is 0.571. The Kier molecular flexibility index (Phi) is 3.28. The van der Waals surface area contributed by atoms with Crippen molar-refractivity contribution in [1.82, 2.24) is 15.2 Å². The van der Waals surface area contributed by atoms with E-state index in [0.29, 0.717) is 18.5 Å². The lowest BCUT2D eigenvalue weighted by molar-refractivity contribution is -0.133. The second kappa shape index (κ2) is 5.06. The summed E-state index contributed by atoms with van der Waals surface area (Å²) >= 11 is 0. The van der Waals surface area contributed by atoms with Gasteiger partial charge in [0.05, 0.1) is 6.42 Å².